The Morgan fingerprint density at radius 3 is 2.32 bits per heavy atom. The van der Waals surface area contributed by atoms with Crippen LogP contribution in [0.15, 0.2) is 30.3 Å². The molecule has 3 amide bonds. The number of aliphatic carboxylic acids is 1. The number of amides is 3. The molecule has 3 N–H and O–H groups in total. The molecule has 1 aliphatic heterocycles. The van der Waals surface area contributed by atoms with Crippen LogP contribution >= 0.6 is 0 Å². The highest BCUT2D eigenvalue weighted by molar-refractivity contribution is 6.39. The standard InChI is InChI=1S/C26H22F7N3O8/c27-15-7-16(28)21(30)22(20(15)29)44-11-18(37)17(8-19(38)39)35-23(40)12-9-36(4-5-43-10-12)25(42)24(41)34-14-3-1-2-13(6-14)26(31,32)33/h1-3,6-7,12,17H,4-5,8-11H2,(H,34,41)(H,35,40)(H,38,39)/t12-,17+/m1/s1. The van der Waals surface area contributed by atoms with Crippen LogP contribution < -0.4 is 15.4 Å². The van der Waals surface area contributed by atoms with Gasteiger partial charge in [-0.05, 0) is 18.2 Å². The van der Waals surface area contributed by atoms with E-state index in [0.717, 1.165) is 23.1 Å². The van der Waals surface area contributed by atoms with E-state index in [1.807, 2.05) is 5.32 Å². The van der Waals surface area contributed by atoms with Crippen LogP contribution in [0.3, 0.4) is 0 Å². The van der Waals surface area contributed by atoms with Gasteiger partial charge in [-0.3, -0.25) is 24.0 Å². The average Bonchev–Trinajstić information content (AvgIpc) is 3.21. The first-order valence-corrected chi connectivity index (χ1v) is 12.4. The van der Waals surface area contributed by atoms with E-state index in [9.17, 15) is 54.7 Å². The van der Waals surface area contributed by atoms with Gasteiger partial charge in [0.05, 0.1) is 31.1 Å². The van der Waals surface area contributed by atoms with Gasteiger partial charge in [-0.15, -0.1) is 0 Å². The summed E-state index contributed by atoms with van der Waals surface area (Å²) in [5.74, 6) is -17.0. The third kappa shape index (κ3) is 8.65. The van der Waals surface area contributed by atoms with E-state index < -0.39 is 102 Å². The first-order valence-electron chi connectivity index (χ1n) is 12.4. The molecule has 1 aliphatic rings. The van der Waals surface area contributed by atoms with E-state index in [4.69, 9.17) is 9.84 Å². The van der Waals surface area contributed by atoms with Gasteiger partial charge in [0.1, 0.15) is 12.6 Å². The highest BCUT2D eigenvalue weighted by atomic mass is 19.4. The molecule has 3 rings (SSSR count). The van der Waals surface area contributed by atoms with E-state index >= 15 is 0 Å². The number of ketones is 1. The Kier molecular flexibility index (Phi) is 10.9. The number of ether oxygens (including phenoxy) is 2. The Labute approximate surface area is 242 Å². The van der Waals surface area contributed by atoms with E-state index in [1.54, 1.807) is 0 Å². The molecule has 0 aliphatic carbocycles. The lowest BCUT2D eigenvalue weighted by Gasteiger charge is -2.24. The molecule has 0 unspecified atom stereocenters. The number of anilines is 1. The van der Waals surface area contributed by atoms with Crippen LogP contribution in [0.5, 0.6) is 5.75 Å². The highest BCUT2D eigenvalue weighted by Crippen LogP contribution is 2.31. The number of carbonyl (C=O) groups excluding carboxylic acids is 4. The minimum atomic E-state index is -4.72. The summed E-state index contributed by atoms with van der Waals surface area (Å²) in [4.78, 5) is 62.9. The molecule has 18 heteroatoms. The van der Waals surface area contributed by atoms with Crippen molar-refractivity contribution in [3.8, 4) is 5.75 Å². The molecule has 1 fully saturated rings. The normalized spacial score (nSPS) is 16.0. The zero-order chi connectivity index (χ0) is 32.8. The van der Waals surface area contributed by atoms with Gasteiger partial charge in [0.2, 0.25) is 17.5 Å². The number of carboxylic acids is 1. The number of halogens is 7. The number of alkyl halides is 3. The van der Waals surface area contributed by atoms with Crippen molar-refractivity contribution in [3.63, 3.8) is 0 Å². The number of nitrogens with zero attached hydrogens (tertiary/aromatic N) is 1. The lowest BCUT2D eigenvalue weighted by Crippen LogP contribution is -2.50. The molecule has 2 atom stereocenters. The van der Waals surface area contributed by atoms with Gasteiger partial charge in [0.15, 0.2) is 23.2 Å². The lowest BCUT2D eigenvalue weighted by atomic mass is 10.1. The second-order valence-electron chi connectivity index (χ2n) is 9.27. The number of benzene rings is 2. The molecule has 0 radical (unpaired) electrons. The molecular weight excluding hydrogens is 615 g/mol. The molecule has 1 saturated heterocycles. The zero-order valence-electron chi connectivity index (χ0n) is 22.2. The molecule has 2 aromatic carbocycles. The fourth-order valence-corrected chi connectivity index (χ4v) is 3.89. The molecule has 0 aromatic heterocycles. The molecule has 0 spiro atoms. The molecular formula is C26H22F7N3O8. The van der Waals surface area contributed by atoms with Gasteiger partial charge in [0.25, 0.3) is 0 Å². The van der Waals surface area contributed by atoms with E-state index in [2.05, 4.69) is 10.1 Å². The van der Waals surface area contributed by atoms with Crippen LogP contribution in [0.2, 0.25) is 0 Å². The minimum Gasteiger partial charge on any atom is -0.481 e. The lowest BCUT2D eigenvalue weighted by molar-refractivity contribution is -0.144. The van der Waals surface area contributed by atoms with Gasteiger partial charge in [-0.25, -0.2) is 8.78 Å². The number of Topliss-reactive ketones (excluding diaryl/α,β-unsaturated/α-hetero) is 1. The topological polar surface area (TPSA) is 151 Å². The quantitative estimate of drug-likeness (QED) is 0.215. The Hall–Kier alpha value is -4.74. The largest absolute Gasteiger partial charge is 0.481 e. The highest BCUT2D eigenvalue weighted by Gasteiger charge is 2.34. The number of carbonyl (C=O) groups is 5. The van der Waals surface area contributed by atoms with E-state index in [-0.39, 0.29) is 31.5 Å². The summed E-state index contributed by atoms with van der Waals surface area (Å²) in [7, 11) is 0. The predicted molar refractivity (Wildman–Crippen MR) is 132 cm³/mol. The Morgan fingerprint density at radius 1 is 1.05 bits per heavy atom. The SMILES string of the molecule is O=C(O)C[C@H](NC(=O)[C@H]1COCCN(C(=O)C(=O)Nc2cccc(C(F)(F)F)c2)C1)C(=O)COc1c(F)c(F)cc(F)c1F. The maximum absolute atomic E-state index is 13.8. The first-order chi connectivity index (χ1) is 20.6. The second kappa shape index (κ2) is 14.2. The summed E-state index contributed by atoms with van der Waals surface area (Å²) in [5, 5.41) is 13.3. The number of carboxylic acid groups (broad SMARTS) is 1. The number of hydrogen-bond donors (Lipinski definition) is 3. The van der Waals surface area contributed by atoms with Crippen LogP contribution in [-0.4, -0.2) is 78.4 Å². The summed E-state index contributed by atoms with van der Waals surface area (Å²) < 4.78 is 103. The van der Waals surface area contributed by atoms with Crippen molar-refractivity contribution < 1.29 is 69.3 Å². The first kappa shape index (κ1) is 33.8. The minimum absolute atomic E-state index is 0.107. The maximum atomic E-state index is 13.8. The fraction of sp³-hybridized carbons (Fsp3) is 0.346. The summed E-state index contributed by atoms with van der Waals surface area (Å²) >= 11 is 0. The monoisotopic (exact) mass is 637 g/mol. The van der Waals surface area contributed by atoms with Crippen LogP contribution in [0.1, 0.15) is 12.0 Å². The fourth-order valence-electron chi connectivity index (χ4n) is 3.89. The van der Waals surface area contributed by atoms with Crippen LogP contribution in [0, 0.1) is 29.2 Å². The number of rotatable bonds is 9. The summed E-state index contributed by atoms with van der Waals surface area (Å²) in [6, 6.07) is 1.47. The van der Waals surface area contributed by atoms with Gasteiger partial charge in [0, 0.05) is 24.8 Å². The summed E-state index contributed by atoms with van der Waals surface area (Å²) in [6.45, 7) is -2.63. The molecule has 0 bridgehead atoms. The van der Waals surface area contributed by atoms with E-state index in [0.29, 0.717) is 6.07 Å². The van der Waals surface area contributed by atoms with Crippen LogP contribution in [0.4, 0.5) is 36.4 Å². The molecule has 0 saturated carbocycles. The van der Waals surface area contributed by atoms with Crippen molar-refractivity contribution in [1.82, 2.24) is 10.2 Å². The van der Waals surface area contributed by atoms with Crippen molar-refractivity contribution in [2.75, 3.05) is 38.2 Å². The van der Waals surface area contributed by atoms with Crippen molar-refractivity contribution in [2.45, 2.75) is 18.6 Å². The van der Waals surface area contributed by atoms with Crippen LogP contribution in [0.25, 0.3) is 0 Å². The third-order valence-electron chi connectivity index (χ3n) is 6.08. The maximum Gasteiger partial charge on any atom is 0.416 e. The van der Waals surface area contributed by atoms with Gasteiger partial charge in [-0.2, -0.15) is 22.0 Å². The van der Waals surface area contributed by atoms with Gasteiger partial charge >= 0.3 is 24.0 Å². The van der Waals surface area contributed by atoms with Crippen molar-refractivity contribution in [3.05, 3.63) is 59.2 Å². The third-order valence-corrected chi connectivity index (χ3v) is 6.08. The predicted octanol–water partition coefficient (Wildman–Crippen LogP) is 2.28. The number of hydrogen-bond acceptors (Lipinski definition) is 7. The Balaban J connectivity index is 1.67. The molecule has 1 heterocycles. The summed E-state index contributed by atoms with van der Waals surface area (Å²) in [5.41, 5.74) is -1.42. The Morgan fingerprint density at radius 2 is 1.70 bits per heavy atom. The molecule has 238 valence electrons. The van der Waals surface area contributed by atoms with Gasteiger partial charge < -0.3 is 30.1 Å². The number of nitrogens with one attached hydrogen (secondary N) is 2. The molecule has 11 nitrogen and oxygen atoms in total. The van der Waals surface area contributed by atoms with E-state index in [1.165, 1.54) is 0 Å². The second-order valence-corrected chi connectivity index (χ2v) is 9.27. The molecule has 44 heavy (non-hydrogen) atoms. The zero-order valence-corrected chi connectivity index (χ0v) is 22.2. The smallest absolute Gasteiger partial charge is 0.416 e. The van der Waals surface area contributed by atoms with Crippen LogP contribution in [-0.2, 0) is 34.9 Å². The average molecular weight is 637 g/mol. The summed E-state index contributed by atoms with van der Waals surface area (Å²) in [6.07, 6.45) is -5.78. The van der Waals surface area contributed by atoms with Crippen molar-refractivity contribution in [2.24, 2.45) is 5.92 Å². The van der Waals surface area contributed by atoms with Gasteiger partial charge in [-0.1, -0.05) is 6.07 Å². The molecule has 2 aromatic rings. The van der Waals surface area contributed by atoms with Crippen molar-refractivity contribution >= 4 is 35.2 Å². The van der Waals surface area contributed by atoms with Crippen molar-refractivity contribution in [1.29, 1.82) is 0 Å². The Bertz CT molecular complexity index is 1430.